The third-order valence-electron chi connectivity index (χ3n) is 2.91. The average Bonchev–Trinajstić information content (AvgIpc) is 2.76. The summed E-state index contributed by atoms with van der Waals surface area (Å²) in [4.78, 5) is 25.3. The minimum Gasteiger partial charge on any atom is -0.325 e. The van der Waals surface area contributed by atoms with Gasteiger partial charge in [-0.15, -0.1) is 0 Å². The number of aromatic amines is 2. The van der Waals surface area contributed by atoms with Crippen LogP contribution in [0.5, 0.6) is 0 Å². The van der Waals surface area contributed by atoms with Crippen molar-refractivity contribution in [2.24, 2.45) is 5.73 Å². The zero-order valence-electron chi connectivity index (χ0n) is 10.4. The summed E-state index contributed by atoms with van der Waals surface area (Å²) < 4.78 is 0. The van der Waals surface area contributed by atoms with Gasteiger partial charge < -0.3 is 15.7 Å². The van der Waals surface area contributed by atoms with Gasteiger partial charge in [-0.1, -0.05) is 6.07 Å². The van der Waals surface area contributed by atoms with Crippen molar-refractivity contribution in [2.45, 2.75) is 13.5 Å². The second-order valence-corrected chi connectivity index (χ2v) is 4.34. The fraction of sp³-hybridized carbons (Fsp3) is 0.154. The molecule has 0 atom stereocenters. The summed E-state index contributed by atoms with van der Waals surface area (Å²) in [6.07, 6.45) is 0. The zero-order chi connectivity index (χ0) is 13.4. The number of nitrogens with one attached hydrogen (secondary N) is 2. The molecule has 2 heterocycles. The van der Waals surface area contributed by atoms with E-state index in [4.69, 9.17) is 5.73 Å². The van der Waals surface area contributed by atoms with Crippen LogP contribution < -0.4 is 11.4 Å². The number of aromatic nitrogens is 4. The Labute approximate surface area is 108 Å². The van der Waals surface area contributed by atoms with Crippen molar-refractivity contribution in [1.82, 2.24) is 19.9 Å². The lowest BCUT2D eigenvalue weighted by molar-refractivity contribution is 0.929. The number of hydrogen-bond acceptors (Lipinski definition) is 4. The van der Waals surface area contributed by atoms with Crippen LogP contribution in [0.15, 0.2) is 29.1 Å². The van der Waals surface area contributed by atoms with E-state index in [9.17, 15) is 4.79 Å². The lowest BCUT2D eigenvalue weighted by Gasteiger charge is -2.05. The maximum atomic E-state index is 11.2. The van der Waals surface area contributed by atoms with E-state index in [1.807, 2.05) is 31.2 Å². The second kappa shape index (κ2) is 4.33. The quantitative estimate of drug-likeness (QED) is 0.637. The van der Waals surface area contributed by atoms with Gasteiger partial charge in [0, 0.05) is 12.1 Å². The number of hydrogen-bond donors (Lipinski definition) is 3. The van der Waals surface area contributed by atoms with Crippen LogP contribution in [0.25, 0.3) is 22.3 Å². The molecule has 96 valence electrons. The van der Waals surface area contributed by atoms with Crippen molar-refractivity contribution in [3.05, 3.63) is 46.3 Å². The molecule has 0 aliphatic rings. The number of imidazole rings is 1. The van der Waals surface area contributed by atoms with Gasteiger partial charge in [0.25, 0.3) is 0 Å². The van der Waals surface area contributed by atoms with Crippen LogP contribution in [0.1, 0.15) is 11.5 Å². The molecule has 19 heavy (non-hydrogen) atoms. The van der Waals surface area contributed by atoms with Crippen LogP contribution in [0.4, 0.5) is 0 Å². The molecule has 0 amide bonds. The van der Waals surface area contributed by atoms with E-state index < -0.39 is 0 Å². The molecule has 6 nitrogen and oxygen atoms in total. The highest BCUT2D eigenvalue weighted by Crippen LogP contribution is 2.21. The topological polar surface area (TPSA) is 100 Å². The molecule has 0 aliphatic heterocycles. The smallest absolute Gasteiger partial charge is 0.323 e. The van der Waals surface area contributed by atoms with Crippen LogP contribution in [0, 0.1) is 6.92 Å². The van der Waals surface area contributed by atoms with Gasteiger partial charge in [0.15, 0.2) is 0 Å². The first kappa shape index (κ1) is 11.6. The third-order valence-corrected chi connectivity index (χ3v) is 2.91. The molecule has 4 N–H and O–H groups in total. The number of benzene rings is 1. The Morgan fingerprint density at radius 3 is 2.74 bits per heavy atom. The van der Waals surface area contributed by atoms with Gasteiger partial charge in [-0.05, 0) is 25.1 Å². The van der Waals surface area contributed by atoms with E-state index in [-0.39, 0.29) is 5.69 Å². The normalized spacial score (nSPS) is 11.1. The van der Waals surface area contributed by atoms with E-state index in [1.54, 1.807) is 0 Å². The summed E-state index contributed by atoms with van der Waals surface area (Å²) in [6.45, 7) is 2.21. The average molecular weight is 255 g/mol. The van der Waals surface area contributed by atoms with Crippen LogP contribution in [0.2, 0.25) is 0 Å². The number of H-pyrrole nitrogens is 2. The summed E-state index contributed by atoms with van der Waals surface area (Å²) in [6, 6.07) is 7.50. The molecule has 0 aliphatic carbocycles. The Hall–Kier alpha value is -2.47. The van der Waals surface area contributed by atoms with Crippen molar-refractivity contribution >= 4 is 11.0 Å². The Bertz CT molecular complexity index is 802. The Morgan fingerprint density at radius 2 is 1.95 bits per heavy atom. The predicted octanol–water partition coefficient (Wildman–Crippen LogP) is 1.08. The fourth-order valence-corrected chi connectivity index (χ4v) is 2.07. The van der Waals surface area contributed by atoms with E-state index in [0.29, 0.717) is 12.4 Å². The zero-order valence-corrected chi connectivity index (χ0v) is 10.4. The predicted molar refractivity (Wildman–Crippen MR) is 72.6 cm³/mol. The molecule has 6 heteroatoms. The molecular formula is C13H13N5O. The summed E-state index contributed by atoms with van der Waals surface area (Å²) in [5, 5.41) is 0. The van der Waals surface area contributed by atoms with E-state index in [2.05, 4.69) is 19.9 Å². The molecule has 2 aromatic heterocycles. The van der Waals surface area contributed by atoms with Gasteiger partial charge in [-0.25, -0.2) is 14.8 Å². The molecular weight excluding hydrogens is 242 g/mol. The van der Waals surface area contributed by atoms with Crippen LogP contribution in [-0.4, -0.2) is 19.9 Å². The van der Waals surface area contributed by atoms with Crippen LogP contribution in [-0.2, 0) is 6.54 Å². The van der Waals surface area contributed by atoms with E-state index in [1.165, 1.54) is 0 Å². The van der Waals surface area contributed by atoms with Crippen LogP contribution >= 0.6 is 0 Å². The Morgan fingerprint density at radius 1 is 1.16 bits per heavy atom. The van der Waals surface area contributed by atoms with Gasteiger partial charge in [0.1, 0.15) is 5.82 Å². The van der Waals surface area contributed by atoms with E-state index >= 15 is 0 Å². The number of nitrogens with two attached hydrogens (primary N) is 1. The van der Waals surface area contributed by atoms with Gasteiger partial charge in [-0.3, -0.25) is 0 Å². The minimum absolute atomic E-state index is 0.214. The standard InChI is InChI=1S/C13H13N5O/c1-7-15-9(6-14)5-11(16-7)8-2-3-10-12(4-8)18-13(19)17-10/h2-5H,6,14H2,1H3,(H2,17,18,19). The maximum absolute atomic E-state index is 11.2. The first-order chi connectivity index (χ1) is 9.15. The Balaban J connectivity index is 2.17. The molecule has 0 fully saturated rings. The number of fused-ring (bicyclic) bond motifs is 1. The third kappa shape index (κ3) is 2.13. The van der Waals surface area contributed by atoms with E-state index in [0.717, 1.165) is 28.0 Å². The number of aryl methyl sites for hydroxylation is 1. The lowest BCUT2D eigenvalue weighted by Crippen LogP contribution is -2.03. The highest BCUT2D eigenvalue weighted by Gasteiger charge is 2.06. The second-order valence-electron chi connectivity index (χ2n) is 4.34. The van der Waals surface area contributed by atoms with Gasteiger partial charge >= 0.3 is 5.69 Å². The lowest BCUT2D eigenvalue weighted by atomic mass is 10.1. The molecule has 0 unspecified atom stereocenters. The minimum atomic E-state index is -0.214. The Kier molecular flexibility index (Phi) is 2.64. The highest BCUT2D eigenvalue weighted by molar-refractivity contribution is 5.80. The molecule has 0 spiro atoms. The van der Waals surface area contributed by atoms with Gasteiger partial charge in [0.05, 0.1) is 22.4 Å². The SMILES string of the molecule is Cc1nc(CN)cc(-c2ccc3[nH]c(=O)[nH]c3c2)n1. The fourth-order valence-electron chi connectivity index (χ4n) is 2.07. The van der Waals surface area contributed by atoms with Crippen molar-refractivity contribution in [2.75, 3.05) is 0 Å². The molecule has 3 aromatic rings. The molecule has 0 saturated heterocycles. The summed E-state index contributed by atoms with van der Waals surface area (Å²) in [7, 11) is 0. The maximum Gasteiger partial charge on any atom is 0.323 e. The monoisotopic (exact) mass is 255 g/mol. The number of nitrogens with zero attached hydrogens (tertiary/aromatic N) is 2. The molecule has 0 bridgehead atoms. The molecule has 0 saturated carbocycles. The van der Waals surface area contributed by atoms with Gasteiger partial charge in [0.2, 0.25) is 0 Å². The largest absolute Gasteiger partial charge is 0.325 e. The van der Waals surface area contributed by atoms with Crippen molar-refractivity contribution in [3.8, 4) is 11.3 Å². The van der Waals surface area contributed by atoms with Gasteiger partial charge in [-0.2, -0.15) is 0 Å². The molecule has 0 radical (unpaired) electrons. The van der Waals surface area contributed by atoms with Crippen molar-refractivity contribution in [3.63, 3.8) is 0 Å². The first-order valence-electron chi connectivity index (χ1n) is 5.93. The molecule has 1 aromatic carbocycles. The first-order valence-corrected chi connectivity index (χ1v) is 5.93. The molecule has 3 rings (SSSR count). The number of rotatable bonds is 2. The van der Waals surface area contributed by atoms with Crippen molar-refractivity contribution < 1.29 is 0 Å². The summed E-state index contributed by atoms with van der Waals surface area (Å²) in [5.41, 5.74) is 9.46. The summed E-state index contributed by atoms with van der Waals surface area (Å²) >= 11 is 0. The highest BCUT2D eigenvalue weighted by atomic mass is 16.1. The van der Waals surface area contributed by atoms with Crippen LogP contribution in [0.3, 0.4) is 0 Å². The summed E-state index contributed by atoms with van der Waals surface area (Å²) in [5.74, 6) is 0.681. The van der Waals surface area contributed by atoms with Crippen molar-refractivity contribution in [1.29, 1.82) is 0 Å².